The average Bonchev–Trinajstić information content (AvgIpc) is 2.86. The smallest absolute Gasteiger partial charge is 0.150 e. The number of rotatable bonds is 6. The largest absolute Gasteiger partial charge is 0.315 e. The second kappa shape index (κ2) is 7.24. The molecular weight excluding hydrogens is 341 g/mol. The van der Waals surface area contributed by atoms with Crippen LogP contribution in [0.2, 0.25) is 0 Å². The highest BCUT2D eigenvalue weighted by Gasteiger charge is 2.11. The van der Waals surface area contributed by atoms with E-state index in [1.54, 1.807) is 12.1 Å². The standard InChI is InChI=1S/C14H17BrFN3S/c1-9(2)17-7-3-4-13-18-19-14(20-13)11-8-10(15)5-6-12(11)16/h5-6,8-9,17H,3-4,7H2,1-2H3. The molecule has 0 bridgehead atoms. The maximum atomic E-state index is 13.8. The molecule has 0 saturated carbocycles. The number of aromatic nitrogens is 2. The van der Waals surface area contributed by atoms with Crippen LogP contribution in [0.3, 0.4) is 0 Å². The zero-order chi connectivity index (χ0) is 14.5. The van der Waals surface area contributed by atoms with Gasteiger partial charge in [0.05, 0.1) is 0 Å². The fourth-order valence-corrected chi connectivity index (χ4v) is 3.02. The molecule has 0 unspecified atom stereocenters. The maximum absolute atomic E-state index is 13.8. The fraction of sp³-hybridized carbons (Fsp3) is 0.429. The molecule has 2 rings (SSSR count). The monoisotopic (exact) mass is 357 g/mol. The first-order valence-corrected chi connectivity index (χ1v) is 8.18. The quantitative estimate of drug-likeness (QED) is 0.792. The van der Waals surface area contributed by atoms with Crippen LogP contribution in [0, 0.1) is 5.82 Å². The van der Waals surface area contributed by atoms with Crippen LogP contribution < -0.4 is 5.32 Å². The van der Waals surface area contributed by atoms with E-state index in [4.69, 9.17) is 0 Å². The van der Waals surface area contributed by atoms with Crippen molar-refractivity contribution < 1.29 is 4.39 Å². The molecule has 0 aliphatic carbocycles. The Balaban J connectivity index is 2.00. The molecule has 0 atom stereocenters. The van der Waals surface area contributed by atoms with Crippen molar-refractivity contribution in [3.8, 4) is 10.6 Å². The first-order valence-electron chi connectivity index (χ1n) is 6.57. The first-order chi connectivity index (χ1) is 9.56. The van der Waals surface area contributed by atoms with Crippen molar-refractivity contribution in [2.24, 2.45) is 0 Å². The third kappa shape index (κ3) is 4.33. The van der Waals surface area contributed by atoms with E-state index in [0.29, 0.717) is 16.6 Å². The highest BCUT2D eigenvalue weighted by Crippen LogP contribution is 2.29. The Morgan fingerprint density at radius 2 is 2.15 bits per heavy atom. The normalized spacial score (nSPS) is 11.2. The van der Waals surface area contributed by atoms with Gasteiger partial charge in [0, 0.05) is 22.5 Å². The molecule has 0 aliphatic heterocycles. The van der Waals surface area contributed by atoms with E-state index < -0.39 is 0 Å². The van der Waals surface area contributed by atoms with Gasteiger partial charge in [0.1, 0.15) is 10.8 Å². The van der Waals surface area contributed by atoms with Crippen LogP contribution in [0.5, 0.6) is 0 Å². The summed E-state index contributed by atoms with van der Waals surface area (Å²) in [6, 6.07) is 5.35. The molecule has 2 aromatic rings. The van der Waals surface area contributed by atoms with Gasteiger partial charge in [-0.25, -0.2) is 4.39 Å². The van der Waals surface area contributed by atoms with Crippen LogP contribution in [0.15, 0.2) is 22.7 Å². The van der Waals surface area contributed by atoms with E-state index in [1.807, 2.05) is 0 Å². The summed E-state index contributed by atoms with van der Waals surface area (Å²) in [4.78, 5) is 0. The molecule has 3 nitrogen and oxygen atoms in total. The summed E-state index contributed by atoms with van der Waals surface area (Å²) in [5.74, 6) is -0.266. The molecule has 0 radical (unpaired) electrons. The van der Waals surface area contributed by atoms with Crippen molar-refractivity contribution in [2.75, 3.05) is 6.54 Å². The molecule has 108 valence electrons. The molecule has 0 saturated heterocycles. The Morgan fingerprint density at radius 3 is 2.90 bits per heavy atom. The number of hydrogen-bond donors (Lipinski definition) is 1. The molecule has 1 N–H and O–H groups in total. The number of benzene rings is 1. The van der Waals surface area contributed by atoms with Gasteiger partial charge in [-0.2, -0.15) is 0 Å². The number of aryl methyl sites for hydroxylation is 1. The average molecular weight is 358 g/mol. The topological polar surface area (TPSA) is 37.8 Å². The summed E-state index contributed by atoms with van der Waals surface area (Å²) in [5, 5.41) is 13.2. The number of nitrogens with zero attached hydrogens (tertiary/aromatic N) is 2. The number of halogens is 2. The Labute approximate surface area is 130 Å². The van der Waals surface area contributed by atoms with Crippen LogP contribution in [-0.2, 0) is 6.42 Å². The van der Waals surface area contributed by atoms with Crippen molar-refractivity contribution in [1.29, 1.82) is 0 Å². The lowest BCUT2D eigenvalue weighted by Gasteiger charge is -2.05. The van der Waals surface area contributed by atoms with Crippen LogP contribution in [0.25, 0.3) is 10.6 Å². The molecule has 6 heteroatoms. The summed E-state index contributed by atoms with van der Waals surface area (Å²) in [6.45, 7) is 5.20. The molecule has 1 aromatic heterocycles. The van der Waals surface area contributed by atoms with Gasteiger partial charge in [-0.3, -0.25) is 0 Å². The second-order valence-corrected chi connectivity index (χ2v) is 6.82. The van der Waals surface area contributed by atoms with Crippen LogP contribution >= 0.6 is 27.3 Å². The molecular formula is C14H17BrFN3S. The Bertz CT molecular complexity index is 571. The third-order valence-corrected chi connectivity index (χ3v) is 4.26. The van der Waals surface area contributed by atoms with Crippen LogP contribution in [0.1, 0.15) is 25.3 Å². The van der Waals surface area contributed by atoms with Gasteiger partial charge >= 0.3 is 0 Å². The minimum atomic E-state index is -0.266. The lowest BCUT2D eigenvalue weighted by atomic mass is 10.2. The molecule has 0 amide bonds. The maximum Gasteiger partial charge on any atom is 0.150 e. The van der Waals surface area contributed by atoms with Gasteiger partial charge in [-0.05, 0) is 31.2 Å². The summed E-state index contributed by atoms with van der Waals surface area (Å²) in [6.07, 6.45) is 1.88. The SMILES string of the molecule is CC(C)NCCCc1nnc(-c2cc(Br)ccc2F)s1. The van der Waals surface area contributed by atoms with Crippen LogP contribution in [0.4, 0.5) is 4.39 Å². The van der Waals surface area contributed by atoms with E-state index in [-0.39, 0.29) is 5.82 Å². The van der Waals surface area contributed by atoms with Crippen molar-refractivity contribution in [1.82, 2.24) is 15.5 Å². The van der Waals surface area contributed by atoms with Gasteiger partial charge in [-0.15, -0.1) is 10.2 Å². The highest BCUT2D eigenvalue weighted by atomic mass is 79.9. The van der Waals surface area contributed by atoms with Gasteiger partial charge in [-0.1, -0.05) is 41.1 Å². The van der Waals surface area contributed by atoms with Crippen molar-refractivity contribution >= 4 is 27.3 Å². The predicted molar refractivity (Wildman–Crippen MR) is 84.5 cm³/mol. The Hall–Kier alpha value is -0.850. The zero-order valence-electron chi connectivity index (χ0n) is 11.5. The van der Waals surface area contributed by atoms with Crippen molar-refractivity contribution in [2.45, 2.75) is 32.7 Å². The molecule has 1 heterocycles. The van der Waals surface area contributed by atoms with Gasteiger partial charge in [0.2, 0.25) is 0 Å². The molecule has 0 spiro atoms. The minimum absolute atomic E-state index is 0.266. The van der Waals surface area contributed by atoms with E-state index in [1.165, 1.54) is 17.4 Å². The summed E-state index contributed by atoms with van der Waals surface area (Å²) in [7, 11) is 0. The summed E-state index contributed by atoms with van der Waals surface area (Å²) >= 11 is 4.80. The zero-order valence-corrected chi connectivity index (χ0v) is 13.9. The third-order valence-electron chi connectivity index (χ3n) is 2.75. The fourth-order valence-electron chi connectivity index (χ4n) is 1.76. The van der Waals surface area contributed by atoms with Gasteiger partial charge in [0.25, 0.3) is 0 Å². The summed E-state index contributed by atoms with van der Waals surface area (Å²) < 4.78 is 14.6. The number of hydrogen-bond acceptors (Lipinski definition) is 4. The van der Waals surface area contributed by atoms with E-state index >= 15 is 0 Å². The van der Waals surface area contributed by atoms with E-state index in [9.17, 15) is 4.39 Å². The van der Waals surface area contributed by atoms with E-state index in [0.717, 1.165) is 28.9 Å². The molecule has 0 fully saturated rings. The lowest BCUT2D eigenvalue weighted by Crippen LogP contribution is -2.23. The molecule has 0 aliphatic rings. The Morgan fingerprint density at radius 1 is 1.35 bits per heavy atom. The highest BCUT2D eigenvalue weighted by molar-refractivity contribution is 9.10. The first kappa shape index (κ1) is 15.5. The van der Waals surface area contributed by atoms with Gasteiger partial charge in [0.15, 0.2) is 5.01 Å². The van der Waals surface area contributed by atoms with Crippen molar-refractivity contribution in [3.05, 3.63) is 33.5 Å². The summed E-state index contributed by atoms with van der Waals surface area (Å²) in [5.41, 5.74) is 0.503. The van der Waals surface area contributed by atoms with Crippen molar-refractivity contribution in [3.63, 3.8) is 0 Å². The van der Waals surface area contributed by atoms with Gasteiger partial charge < -0.3 is 5.32 Å². The molecule has 1 aromatic carbocycles. The number of nitrogens with one attached hydrogen (secondary N) is 1. The molecule has 20 heavy (non-hydrogen) atoms. The Kier molecular flexibility index (Phi) is 5.63. The minimum Gasteiger partial charge on any atom is -0.315 e. The van der Waals surface area contributed by atoms with E-state index in [2.05, 4.69) is 45.3 Å². The predicted octanol–water partition coefficient (Wildman–Crippen LogP) is 4.04. The van der Waals surface area contributed by atoms with Crippen LogP contribution in [-0.4, -0.2) is 22.8 Å². The second-order valence-electron chi connectivity index (χ2n) is 4.84. The lowest BCUT2D eigenvalue weighted by molar-refractivity contribution is 0.569.